The van der Waals surface area contributed by atoms with E-state index in [9.17, 15) is 4.79 Å². The van der Waals surface area contributed by atoms with Gasteiger partial charge in [0.15, 0.2) is 0 Å². The van der Waals surface area contributed by atoms with Gasteiger partial charge in [0.25, 0.3) is 5.91 Å². The number of benzene rings is 2. The molecule has 1 fully saturated rings. The van der Waals surface area contributed by atoms with E-state index in [-0.39, 0.29) is 5.91 Å². The van der Waals surface area contributed by atoms with E-state index in [1.807, 2.05) is 36.4 Å². The highest BCUT2D eigenvalue weighted by molar-refractivity contribution is 14.1. The second-order valence-electron chi connectivity index (χ2n) is 6.35. The highest BCUT2D eigenvalue weighted by Crippen LogP contribution is 2.28. The molecule has 3 rings (SSSR count). The van der Waals surface area contributed by atoms with Crippen LogP contribution in [0.3, 0.4) is 0 Å². The summed E-state index contributed by atoms with van der Waals surface area (Å²) in [6.45, 7) is 6.31. The number of carbonyl (C=O) groups is 1. The maximum Gasteiger partial charge on any atom is 0.271 e. The number of nitrogens with zero attached hydrogens (tertiary/aromatic N) is 2. The second kappa shape index (κ2) is 10.2. The Morgan fingerprint density at radius 3 is 2.43 bits per heavy atom. The first-order valence-corrected chi connectivity index (χ1v) is 11.2. The number of hydrazone groups is 1. The number of hydrogen-bond donors (Lipinski definition) is 1. The van der Waals surface area contributed by atoms with E-state index in [1.54, 1.807) is 12.3 Å². The van der Waals surface area contributed by atoms with Gasteiger partial charge in [-0.1, -0.05) is 12.7 Å². The fourth-order valence-electron chi connectivity index (χ4n) is 2.96. The molecule has 1 aliphatic heterocycles. The third-order valence-corrected chi connectivity index (χ3v) is 5.95. The lowest BCUT2D eigenvalue weighted by atomic mass is 10.2. The molecular formula is C21H21I2N3O2. The summed E-state index contributed by atoms with van der Waals surface area (Å²) in [5.41, 5.74) is 5.25. The van der Waals surface area contributed by atoms with E-state index in [4.69, 9.17) is 4.74 Å². The smallest absolute Gasteiger partial charge is 0.271 e. The molecule has 0 spiro atoms. The molecule has 146 valence electrons. The Balaban J connectivity index is 1.60. The molecule has 2 aromatic carbocycles. The fourth-order valence-corrected chi connectivity index (χ4v) is 5.09. The molecule has 0 bridgehead atoms. The maximum absolute atomic E-state index is 12.3. The number of nitrogens with one attached hydrogen (secondary N) is 1. The Bertz CT molecular complexity index is 853. The summed E-state index contributed by atoms with van der Waals surface area (Å²) in [7, 11) is 0. The van der Waals surface area contributed by atoms with Gasteiger partial charge in [-0.25, -0.2) is 5.43 Å². The van der Waals surface area contributed by atoms with E-state index in [2.05, 4.69) is 67.2 Å². The lowest BCUT2D eigenvalue weighted by Crippen LogP contribution is -2.19. The van der Waals surface area contributed by atoms with Gasteiger partial charge >= 0.3 is 0 Å². The second-order valence-corrected chi connectivity index (χ2v) is 8.68. The zero-order valence-corrected chi connectivity index (χ0v) is 19.6. The monoisotopic (exact) mass is 601 g/mol. The first kappa shape index (κ1) is 21.1. The van der Waals surface area contributed by atoms with Gasteiger partial charge in [0.1, 0.15) is 12.4 Å². The van der Waals surface area contributed by atoms with Crippen molar-refractivity contribution < 1.29 is 9.53 Å². The van der Waals surface area contributed by atoms with Crippen molar-refractivity contribution in [3.05, 3.63) is 67.3 Å². The first-order chi connectivity index (χ1) is 13.6. The molecule has 0 unspecified atom stereocenters. The van der Waals surface area contributed by atoms with Crippen molar-refractivity contribution in [2.45, 2.75) is 12.8 Å². The number of halogens is 2. The number of rotatable bonds is 7. The summed E-state index contributed by atoms with van der Waals surface area (Å²) in [5.74, 6) is 0.611. The van der Waals surface area contributed by atoms with Crippen molar-refractivity contribution in [1.82, 2.24) is 5.43 Å². The summed E-state index contributed by atoms with van der Waals surface area (Å²) >= 11 is 4.46. The highest BCUT2D eigenvalue weighted by Gasteiger charge is 2.13. The molecule has 0 atom stereocenters. The fraction of sp³-hybridized carbons (Fsp3) is 0.238. The van der Waals surface area contributed by atoms with Gasteiger partial charge in [-0.15, -0.1) is 0 Å². The van der Waals surface area contributed by atoms with Crippen LogP contribution < -0.4 is 15.1 Å². The Morgan fingerprint density at radius 2 is 1.82 bits per heavy atom. The molecule has 5 nitrogen and oxygen atoms in total. The number of ether oxygens (including phenoxy) is 1. The van der Waals surface area contributed by atoms with Gasteiger partial charge in [0, 0.05) is 24.3 Å². The molecule has 7 heteroatoms. The topological polar surface area (TPSA) is 53.9 Å². The minimum Gasteiger partial charge on any atom is -0.487 e. The van der Waals surface area contributed by atoms with E-state index < -0.39 is 0 Å². The van der Waals surface area contributed by atoms with Crippen LogP contribution in [0.25, 0.3) is 0 Å². The van der Waals surface area contributed by atoms with Crippen molar-refractivity contribution in [2.75, 3.05) is 24.6 Å². The minimum absolute atomic E-state index is 0.223. The standard InChI is InChI=1S/C21H21I2N3O2/c1-2-11-28-20-18(22)12-15(13-19(20)23)14-24-25-21(27)16-5-7-17(8-6-16)26-9-3-4-10-26/h2,5-8,12-14H,1,3-4,9-11H2,(H,25,27)/b24-14-. The predicted octanol–water partition coefficient (Wildman–Crippen LogP) is 4.82. The van der Waals surface area contributed by atoms with Crippen LogP contribution in [0.4, 0.5) is 5.69 Å². The molecule has 0 aliphatic carbocycles. The van der Waals surface area contributed by atoms with Crippen LogP contribution in [-0.4, -0.2) is 31.8 Å². The zero-order chi connectivity index (χ0) is 19.9. The van der Waals surface area contributed by atoms with Gasteiger partial charge in [-0.3, -0.25) is 4.79 Å². The van der Waals surface area contributed by atoms with Crippen molar-refractivity contribution >= 4 is 63.0 Å². The summed E-state index contributed by atoms with van der Waals surface area (Å²) in [4.78, 5) is 14.6. The molecule has 0 saturated carbocycles. The van der Waals surface area contributed by atoms with Crippen LogP contribution in [0.1, 0.15) is 28.8 Å². The Labute approximate surface area is 192 Å². The average Bonchev–Trinajstić information content (AvgIpc) is 3.22. The SMILES string of the molecule is C=CCOc1c(I)cc(/C=N\NC(=O)c2ccc(N3CCCC3)cc2)cc1I. The minimum atomic E-state index is -0.223. The predicted molar refractivity (Wildman–Crippen MR) is 131 cm³/mol. The third-order valence-electron chi connectivity index (χ3n) is 4.35. The van der Waals surface area contributed by atoms with Gasteiger partial charge in [0.05, 0.1) is 13.4 Å². The third kappa shape index (κ3) is 5.47. The van der Waals surface area contributed by atoms with Crippen molar-refractivity contribution in [3.8, 4) is 5.75 Å². The van der Waals surface area contributed by atoms with Crippen LogP contribution in [0, 0.1) is 7.14 Å². The van der Waals surface area contributed by atoms with Gasteiger partial charge in [-0.2, -0.15) is 5.10 Å². The summed E-state index contributed by atoms with van der Waals surface area (Å²) < 4.78 is 7.63. The Kier molecular flexibility index (Phi) is 7.72. The van der Waals surface area contributed by atoms with E-state index in [0.29, 0.717) is 12.2 Å². The molecule has 1 aliphatic rings. The molecular weight excluding hydrogens is 580 g/mol. The summed E-state index contributed by atoms with van der Waals surface area (Å²) in [6.07, 6.45) is 5.82. The highest BCUT2D eigenvalue weighted by atomic mass is 127. The van der Waals surface area contributed by atoms with Gasteiger partial charge in [-0.05, 0) is 100.0 Å². The van der Waals surface area contributed by atoms with Crippen LogP contribution in [0.2, 0.25) is 0 Å². The Hall–Kier alpha value is -1.62. The average molecular weight is 601 g/mol. The Morgan fingerprint density at radius 1 is 1.18 bits per heavy atom. The van der Waals surface area contributed by atoms with Gasteiger partial charge < -0.3 is 9.64 Å². The molecule has 0 aromatic heterocycles. The molecule has 2 aromatic rings. The molecule has 1 N–H and O–H groups in total. The number of hydrogen-bond acceptors (Lipinski definition) is 4. The van der Waals surface area contributed by atoms with Crippen LogP contribution >= 0.6 is 45.2 Å². The first-order valence-electron chi connectivity index (χ1n) is 8.99. The molecule has 28 heavy (non-hydrogen) atoms. The molecule has 1 saturated heterocycles. The van der Waals surface area contributed by atoms with Crippen LogP contribution in [0.5, 0.6) is 5.75 Å². The van der Waals surface area contributed by atoms with Crippen LogP contribution in [0.15, 0.2) is 54.2 Å². The largest absolute Gasteiger partial charge is 0.487 e. The normalized spacial score (nSPS) is 13.7. The van der Waals surface area contributed by atoms with Crippen LogP contribution in [-0.2, 0) is 0 Å². The van der Waals surface area contributed by atoms with Crippen molar-refractivity contribution in [2.24, 2.45) is 5.10 Å². The summed E-state index contributed by atoms with van der Waals surface area (Å²) in [6, 6.07) is 11.6. The van der Waals surface area contributed by atoms with E-state index in [0.717, 1.165) is 31.5 Å². The van der Waals surface area contributed by atoms with Crippen molar-refractivity contribution in [1.29, 1.82) is 0 Å². The maximum atomic E-state index is 12.3. The lowest BCUT2D eigenvalue weighted by Gasteiger charge is -2.17. The van der Waals surface area contributed by atoms with E-state index >= 15 is 0 Å². The molecule has 1 amide bonds. The van der Waals surface area contributed by atoms with Crippen molar-refractivity contribution in [3.63, 3.8) is 0 Å². The van der Waals surface area contributed by atoms with Gasteiger partial charge in [0.2, 0.25) is 0 Å². The number of amides is 1. The lowest BCUT2D eigenvalue weighted by molar-refractivity contribution is 0.0955. The number of carbonyl (C=O) groups excluding carboxylic acids is 1. The number of anilines is 1. The quantitative estimate of drug-likeness (QED) is 0.215. The molecule has 1 heterocycles. The molecule has 0 radical (unpaired) electrons. The zero-order valence-electron chi connectivity index (χ0n) is 15.3. The van der Waals surface area contributed by atoms with E-state index in [1.165, 1.54) is 18.5 Å². The summed E-state index contributed by atoms with van der Waals surface area (Å²) in [5, 5.41) is 4.09.